The zero-order chi connectivity index (χ0) is 16.2. The second kappa shape index (κ2) is 10.8. The molecule has 0 unspecified atom stereocenters. The Morgan fingerprint density at radius 3 is 2.00 bits per heavy atom. The third kappa shape index (κ3) is 7.19. The molecular formula is C16H22O6. The Balaban J connectivity index is 2.12. The highest BCUT2D eigenvalue weighted by molar-refractivity contribution is 5.92. The number of rotatable bonds is 11. The molecule has 1 aromatic rings. The van der Waals surface area contributed by atoms with Crippen molar-refractivity contribution < 1.29 is 29.3 Å². The van der Waals surface area contributed by atoms with Crippen LogP contribution in [0.4, 0.5) is 0 Å². The van der Waals surface area contributed by atoms with Gasteiger partial charge < -0.3 is 19.7 Å². The molecule has 6 heteroatoms. The summed E-state index contributed by atoms with van der Waals surface area (Å²) in [6.45, 7) is 1.73. The van der Waals surface area contributed by atoms with Gasteiger partial charge in [0.1, 0.15) is 0 Å². The molecule has 0 aromatic heterocycles. The molecule has 22 heavy (non-hydrogen) atoms. The van der Waals surface area contributed by atoms with Gasteiger partial charge in [0.25, 0.3) is 0 Å². The number of carbonyl (C=O) groups excluding carboxylic acids is 1. The molecule has 1 aromatic carbocycles. The molecule has 0 saturated heterocycles. The van der Waals surface area contributed by atoms with Crippen molar-refractivity contribution in [3.63, 3.8) is 0 Å². The van der Waals surface area contributed by atoms with Gasteiger partial charge in [-0.2, -0.15) is 0 Å². The minimum atomic E-state index is -1.03. The van der Waals surface area contributed by atoms with Crippen LogP contribution in [-0.2, 0) is 9.47 Å². The first-order valence-electron chi connectivity index (χ1n) is 7.34. The maximum atomic E-state index is 11.7. The fraction of sp³-hybridized carbons (Fsp3) is 0.500. The third-order valence-corrected chi connectivity index (χ3v) is 2.98. The predicted octanol–water partition coefficient (Wildman–Crippen LogP) is 2.11. The lowest BCUT2D eigenvalue weighted by molar-refractivity contribution is 0.0480. The van der Waals surface area contributed by atoms with Crippen LogP contribution in [0.15, 0.2) is 24.3 Å². The summed E-state index contributed by atoms with van der Waals surface area (Å²) in [5.41, 5.74) is 0.472. The van der Waals surface area contributed by atoms with Crippen molar-refractivity contribution in [1.29, 1.82) is 0 Å². The van der Waals surface area contributed by atoms with Gasteiger partial charge in [0.15, 0.2) is 0 Å². The van der Waals surface area contributed by atoms with Crippen LogP contribution >= 0.6 is 0 Å². The highest BCUT2D eigenvalue weighted by atomic mass is 16.5. The normalized spacial score (nSPS) is 10.4. The third-order valence-electron chi connectivity index (χ3n) is 2.98. The lowest BCUT2D eigenvalue weighted by Gasteiger charge is -2.06. The van der Waals surface area contributed by atoms with E-state index in [4.69, 9.17) is 19.7 Å². The number of benzene rings is 1. The second-order valence-corrected chi connectivity index (χ2v) is 4.77. The first-order chi connectivity index (χ1) is 10.6. The number of hydrogen-bond donors (Lipinski definition) is 2. The summed E-state index contributed by atoms with van der Waals surface area (Å²) in [6, 6.07) is 5.63. The first kappa shape index (κ1) is 18.1. The fourth-order valence-electron chi connectivity index (χ4n) is 1.72. The van der Waals surface area contributed by atoms with Crippen LogP contribution in [0.2, 0.25) is 0 Å². The summed E-state index contributed by atoms with van der Waals surface area (Å²) in [6.07, 6.45) is 3.10. The van der Waals surface area contributed by atoms with E-state index in [-0.39, 0.29) is 12.2 Å². The standard InChI is InChI=1S/C16H22O6/c17-9-1-2-10-21-11-3-4-12-22-16(20)14-7-5-13(6-8-14)15(18)19/h5-8,17H,1-4,9-12H2,(H,18,19). The summed E-state index contributed by atoms with van der Waals surface area (Å²) in [7, 11) is 0. The maximum Gasteiger partial charge on any atom is 0.338 e. The van der Waals surface area contributed by atoms with E-state index in [1.54, 1.807) is 0 Å². The van der Waals surface area contributed by atoms with Crippen LogP contribution in [0.3, 0.4) is 0 Å². The van der Waals surface area contributed by atoms with Gasteiger partial charge in [0.05, 0.1) is 17.7 Å². The van der Waals surface area contributed by atoms with E-state index in [1.165, 1.54) is 24.3 Å². The summed E-state index contributed by atoms with van der Waals surface area (Å²) in [4.78, 5) is 22.4. The van der Waals surface area contributed by atoms with Crippen molar-refractivity contribution in [2.75, 3.05) is 26.4 Å². The largest absolute Gasteiger partial charge is 0.478 e. The first-order valence-corrected chi connectivity index (χ1v) is 7.34. The number of unbranched alkanes of at least 4 members (excludes halogenated alkanes) is 2. The monoisotopic (exact) mass is 310 g/mol. The van der Waals surface area contributed by atoms with E-state index < -0.39 is 11.9 Å². The van der Waals surface area contributed by atoms with E-state index in [1.807, 2.05) is 0 Å². The Morgan fingerprint density at radius 1 is 0.864 bits per heavy atom. The molecule has 1 rings (SSSR count). The molecule has 2 N–H and O–H groups in total. The molecule has 0 bridgehead atoms. The minimum absolute atomic E-state index is 0.134. The van der Waals surface area contributed by atoms with Gasteiger partial charge in [-0.15, -0.1) is 0 Å². The van der Waals surface area contributed by atoms with Gasteiger partial charge in [-0.1, -0.05) is 0 Å². The lowest BCUT2D eigenvalue weighted by atomic mass is 10.1. The molecule has 6 nitrogen and oxygen atoms in total. The van der Waals surface area contributed by atoms with E-state index in [0.29, 0.717) is 31.8 Å². The number of esters is 1. The van der Waals surface area contributed by atoms with Crippen molar-refractivity contribution in [2.45, 2.75) is 25.7 Å². The number of aliphatic hydroxyl groups excluding tert-OH is 1. The number of aromatic carboxylic acids is 1. The van der Waals surface area contributed by atoms with Crippen LogP contribution in [0.5, 0.6) is 0 Å². The Bertz CT molecular complexity index is 454. The van der Waals surface area contributed by atoms with Crippen LogP contribution in [0.1, 0.15) is 46.4 Å². The maximum absolute atomic E-state index is 11.7. The van der Waals surface area contributed by atoms with Crippen molar-refractivity contribution in [1.82, 2.24) is 0 Å². The van der Waals surface area contributed by atoms with E-state index in [0.717, 1.165) is 19.3 Å². The summed E-state index contributed by atoms with van der Waals surface area (Å²) in [5, 5.41) is 17.4. The van der Waals surface area contributed by atoms with Gasteiger partial charge in [-0.25, -0.2) is 9.59 Å². The van der Waals surface area contributed by atoms with E-state index in [9.17, 15) is 9.59 Å². The summed E-state index contributed by atoms with van der Waals surface area (Å²) in [5.74, 6) is -1.49. The van der Waals surface area contributed by atoms with Crippen molar-refractivity contribution in [2.24, 2.45) is 0 Å². The number of carbonyl (C=O) groups is 2. The molecule has 0 fully saturated rings. The fourth-order valence-corrected chi connectivity index (χ4v) is 1.72. The molecule has 0 atom stereocenters. The Labute approximate surface area is 129 Å². The van der Waals surface area contributed by atoms with Crippen LogP contribution < -0.4 is 0 Å². The van der Waals surface area contributed by atoms with Gasteiger partial charge in [-0.05, 0) is 49.9 Å². The second-order valence-electron chi connectivity index (χ2n) is 4.77. The topological polar surface area (TPSA) is 93.1 Å². The molecule has 0 aliphatic heterocycles. The zero-order valence-corrected chi connectivity index (χ0v) is 12.5. The molecule has 0 aliphatic rings. The van der Waals surface area contributed by atoms with Gasteiger partial charge in [-0.3, -0.25) is 0 Å². The van der Waals surface area contributed by atoms with E-state index >= 15 is 0 Å². The average Bonchev–Trinajstić information content (AvgIpc) is 2.53. The number of carboxylic acid groups (broad SMARTS) is 1. The molecule has 0 heterocycles. The molecule has 0 saturated carbocycles. The van der Waals surface area contributed by atoms with Gasteiger partial charge in [0.2, 0.25) is 0 Å². The smallest absolute Gasteiger partial charge is 0.338 e. The molecule has 122 valence electrons. The highest BCUT2D eigenvalue weighted by Crippen LogP contribution is 2.06. The van der Waals surface area contributed by atoms with Crippen LogP contribution in [0, 0.1) is 0 Å². The number of hydrogen-bond acceptors (Lipinski definition) is 5. The number of ether oxygens (including phenoxy) is 2. The lowest BCUT2D eigenvalue weighted by Crippen LogP contribution is -2.08. The molecule has 0 spiro atoms. The van der Waals surface area contributed by atoms with Gasteiger partial charge >= 0.3 is 11.9 Å². The highest BCUT2D eigenvalue weighted by Gasteiger charge is 2.08. The predicted molar refractivity (Wildman–Crippen MR) is 80.1 cm³/mol. The SMILES string of the molecule is O=C(O)c1ccc(C(=O)OCCCCOCCCCO)cc1. The van der Waals surface area contributed by atoms with Crippen LogP contribution in [0.25, 0.3) is 0 Å². The van der Waals surface area contributed by atoms with Crippen molar-refractivity contribution >= 4 is 11.9 Å². The molecule has 0 aliphatic carbocycles. The van der Waals surface area contributed by atoms with E-state index in [2.05, 4.69) is 0 Å². The summed E-state index contributed by atoms with van der Waals surface area (Å²) < 4.78 is 10.5. The molecule has 0 radical (unpaired) electrons. The Kier molecular flexibility index (Phi) is 8.86. The number of aliphatic hydroxyl groups is 1. The average molecular weight is 310 g/mol. The minimum Gasteiger partial charge on any atom is -0.478 e. The zero-order valence-electron chi connectivity index (χ0n) is 12.5. The Morgan fingerprint density at radius 2 is 1.41 bits per heavy atom. The van der Waals surface area contributed by atoms with Crippen molar-refractivity contribution in [3.05, 3.63) is 35.4 Å². The number of carboxylic acids is 1. The Hall–Kier alpha value is -1.92. The summed E-state index contributed by atoms with van der Waals surface area (Å²) >= 11 is 0. The van der Waals surface area contributed by atoms with Gasteiger partial charge in [0, 0.05) is 19.8 Å². The molecule has 0 amide bonds. The van der Waals surface area contributed by atoms with Crippen molar-refractivity contribution in [3.8, 4) is 0 Å². The quantitative estimate of drug-likeness (QED) is 0.480. The molecular weight excluding hydrogens is 288 g/mol. The van der Waals surface area contributed by atoms with Crippen LogP contribution in [-0.4, -0.2) is 48.6 Å².